The number of rotatable bonds is 2. The summed E-state index contributed by atoms with van der Waals surface area (Å²) < 4.78 is 7.08. The van der Waals surface area contributed by atoms with Gasteiger partial charge in [0.05, 0.1) is 17.4 Å². The second kappa shape index (κ2) is 7.01. The van der Waals surface area contributed by atoms with Gasteiger partial charge in [-0.3, -0.25) is 9.59 Å². The number of pyridine rings is 1. The number of phenolic OH excluding ortho intramolecular Hbond substituents is 2. The first-order chi connectivity index (χ1) is 14.8. The molecule has 0 saturated carbocycles. The van der Waals surface area contributed by atoms with Crippen LogP contribution in [0.2, 0.25) is 0 Å². The number of piperidine rings is 1. The van der Waals surface area contributed by atoms with Crippen molar-refractivity contribution >= 4 is 16.9 Å². The third-order valence-corrected chi connectivity index (χ3v) is 6.50. The van der Waals surface area contributed by atoms with Gasteiger partial charge >= 0.3 is 5.63 Å². The predicted molar refractivity (Wildman–Crippen MR) is 112 cm³/mol. The number of likely N-dealkylation sites (tertiary alicyclic amines) is 1. The Balaban J connectivity index is 1.45. The molecule has 1 saturated heterocycles. The van der Waals surface area contributed by atoms with E-state index >= 15 is 0 Å². The van der Waals surface area contributed by atoms with Crippen LogP contribution in [0.25, 0.3) is 11.0 Å². The van der Waals surface area contributed by atoms with E-state index in [4.69, 9.17) is 4.42 Å². The van der Waals surface area contributed by atoms with Crippen LogP contribution >= 0.6 is 0 Å². The number of hydrogen-bond acceptors (Lipinski definition) is 6. The quantitative estimate of drug-likeness (QED) is 0.610. The summed E-state index contributed by atoms with van der Waals surface area (Å²) in [5.74, 6) is -0.326. The van der Waals surface area contributed by atoms with Crippen molar-refractivity contribution in [2.75, 3.05) is 13.1 Å². The first-order valence-corrected chi connectivity index (χ1v) is 10.3. The molecule has 31 heavy (non-hydrogen) atoms. The monoisotopic (exact) mass is 422 g/mol. The fraction of sp³-hybridized carbons (Fsp3) is 0.348. The number of aryl methyl sites for hydroxylation is 1. The normalized spacial score (nSPS) is 20.0. The van der Waals surface area contributed by atoms with Crippen LogP contribution in [0.15, 0.2) is 44.3 Å². The minimum Gasteiger partial charge on any atom is -0.508 e. The predicted octanol–water partition coefficient (Wildman–Crippen LogP) is 1.86. The lowest BCUT2D eigenvalue weighted by Crippen LogP contribution is -2.49. The summed E-state index contributed by atoms with van der Waals surface area (Å²) in [6.07, 6.45) is 0.799. The van der Waals surface area contributed by atoms with Crippen LogP contribution in [0.1, 0.15) is 29.2 Å². The topological polar surface area (TPSA) is 113 Å². The second-order valence-corrected chi connectivity index (χ2v) is 8.50. The van der Waals surface area contributed by atoms with Crippen molar-refractivity contribution in [2.24, 2.45) is 5.92 Å². The molecule has 2 N–H and O–H groups in total. The Labute approximate surface area is 177 Å². The van der Waals surface area contributed by atoms with E-state index in [9.17, 15) is 24.6 Å². The van der Waals surface area contributed by atoms with Gasteiger partial charge in [-0.15, -0.1) is 0 Å². The van der Waals surface area contributed by atoms with Gasteiger partial charge in [0.25, 0.3) is 5.56 Å². The number of fused-ring (bicyclic) bond motifs is 5. The molecule has 2 bridgehead atoms. The van der Waals surface area contributed by atoms with Crippen LogP contribution < -0.4 is 11.2 Å². The van der Waals surface area contributed by atoms with Crippen LogP contribution in [0.3, 0.4) is 0 Å². The van der Waals surface area contributed by atoms with Crippen molar-refractivity contribution in [1.82, 2.24) is 9.47 Å². The highest BCUT2D eigenvalue weighted by Crippen LogP contribution is 2.36. The summed E-state index contributed by atoms with van der Waals surface area (Å²) in [7, 11) is 0. The molecule has 0 spiro atoms. The highest BCUT2D eigenvalue weighted by molar-refractivity contribution is 5.90. The number of carbonyl (C=O) groups excluding carboxylic acids is 1. The lowest BCUT2D eigenvalue weighted by Gasteiger charge is -2.42. The summed E-state index contributed by atoms with van der Waals surface area (Å²) >= 11 is 0. The summed E-state index contributed by atoms with van der Waals surface area (Å²) in [6.45, 7) is 3.28. The first-order valence-electron chi connectivity index (χ1n) is 10.3. The SMILES string of the molecule is Cc1c(CC(=O)N2C[C@@H]3C[C@H](C2)c2cccc(=O)n2C3)c(=O)oc2cc(O)cc(O)c12. The minimum atomic E-state index is -0.655. The number of aromatic nitrogens is 1. The van der Waals surface area contributed by atoms with Crippen LogP contribution in [-0.4, -0.2) is 38.7 Å². The maximum absolute atomic E-state index is 13.1. The molecule has 4 heterocycles. The Morgan fingerprint density at radius 3 is 2.77 bits per heavy atom. The van der Waals surface area contributed by atoms with Gasteiger partial charge in [-0.1, -0.05) is 6.07 Å². The smallest absolute Gasteiger partial charge is 0.340 e. The molecule has 0 aliphatic carbocycles. The van der Waals surface area contributed by atoms with Crippen molar-refractivity contribution in [2.45, 2.75) is 32.2 Å². The molecule has 3 aromatic rings. The fourth-order valence-corrected chi connectivity index (χ4v) is 5.08. The second-order valence-electron chi connectivity index (χ2n) is 8.50. The molecule has 2 aromatic heterocycles. The lowest BCUT2D eigenvalue weighted by molar-refractivity contribution is -0.133. The van der Waals surface area contributed by atoms with Gasteiger partial charge < -0.3 is 24.1 Å². The average Bonchev–Trinajstić information content (AvgIpc) is 2.71. The minimum absolute atomic E-state index is 0.0118. The van der Waals surface area contributed by atoms with Gasteiger partial charge in [0, 0.05) is 49.4 Å². The van der Waals surface area contributed by atoms with E-state index in [1.165, 1.54) is 12.1 Å². The Kier molecular flexibility index (Phi) is 4.39. The third kappa shape index (κ3) is 3.19. The molecule has 5 rings (SSSR count). The highest BCUT2D eigenvalue weighted by atomic mass is 16.4. The molecular formula is C23H22N2O6. The Bertz CT molecular complexity index is 1340. The number of phenols is 2. The fourth-order valence-electron chi connectivity index (χ4n) is 5.08. The van der Waals surface area contributed by atoms with Crippen LogP contribution in [0.5, 0.6) is 11.5 Å². The van der Waals surface area contributed by atoms with Crippen molar-refractivity contribution < 1.29 is 19.4 Å². The van der Waals surface area contributed by atoms with Crippen molar-refractivity contribution in [3.05, 3.63) is 67.9 Å². The molecular weight excluding hydrogens is 400 g/mol. The largest absolute Gasteiger partial charge is 0.508 e. The number of carbonyl (C=O) groups is 1. The standard InChI is InChI=1S/C23H22N2O6/c1-12-16(23(30)31-19-7-15(26)6-18(27)22(12)19)8-21(29)24-9-13-5-14(11-24)17-3-2-4-20(28)25(17)10-13/h2-4,6-7,13-14,26-27H,5,8-11H2,1H3/t13-,14+/m0/s1. The van der Waals surface area contributed by atoms with Gasteiger partial charge in [-0.05, 0) is 30.9 Å². The number of nitrogens with zero attached hydrogens (tertiary/aromatic N) is 2. The zero-order chi connectivity index (χ0) is 21.9. The van der Waals surface area contributed by atoms with Gasteiger partial charge in [0.15, 0.2) is 0 Å². The van der Waals surface area contributed by atoms with Gasteiger partial charge in [0.1, 0.15) is 17.1 Å². The molecule has 1 fully saturated rings. The Hall–Kier alpha value is -3.55. The molecule has 160 valence electrons. The molecule has 2 aliphatic heterocycles. The van der Waals surface area contributed by atoms with E-state index in [1.54, 1.807) is 28.5 Å². The summed E-state index contributed by atoms with van der Waals surface area (Å²) in [6, 6.07) is 7.69. The molecule has 2 aliphatic rings. The molecule has 1 aromatic carbocycles. The van der Waals surface area contributed by atoms with E-state index < -0.39 is 5.63 Å². The Morgan fingerprint density at radius 1 is 1.16 bits per heavy atom. The van der Waals surface area contributed by atoms with Crippen LogP contribution in [0, 0.1) is 12.8 Å². The van der Waals surface area contributed by atoms with Gasteiger partial charge in [0.2, 0.25) is 5.91 Å². The molecule has 8 nitrogen and oxygen atoms in total. The summed E-state index contributed by atoms with van der Waals surface area (Å²) in [5.41, 5.74) is 1.02. The lowest BCUT2D eigenvalue weighted by atomic mass is 9.83. The molecule has 0 unspecified atom stereocenters. The summed E-state index contributed by atoms with van der Waals surface area (Å²) in [5, 5.41) is 20.2. The number of benzene rings is 1. The van der Waals surface area contributed by atoms with E-state index in [-0.39, 0.29) is 52.4 Å². The number of hydrogen-bond donors (Lipinski definition) is 2. The van der Waals surface area contributed by atoms with Crippen molar-refractivity contribution in [1.29, 1.82) is 0 Å². The third-order valence-electron chi connectivity index (χ3n) is 6.50. The van der Waals surface area contributed by atoms with Crippen LogP contribution in [-0.2, 0) is 17.8 Å². The number of aromatic hydroxyl groups is 2. The Morgan fingerprint density at radius 2 is 1.97 bits per heavy atom. The molecule has 8 heteroatoms. The van der Waals surface area contributed by atoms with Gasteiger partial charge in [-0.25, -0.2) is 4.79 Å². The molecule has 0 radical (unpaired) electrons. The van der Waals surface area contributed by atoms with Gasteiger partial charge in [-0.2, -0.15) is 0 Å². The molecule has 1 amide bonds. The van der Waals surface area contributed by atoms with E-state index in [2.05, 4.69) is 0 Å². The summed E-state index contributed by atoms with van der Waals surface area (Å²) in [4.78, 5) is 39.6. The molecule has 2 atom stereocenters. The van der Waals surface area contributed by atoms with E-state index in [1.807, 2.05) is 6.07 Å². The van der Waals surface area contributed by atoms with E-state index in [0.29, 0.717) is 30.6 Å². The van der Waals surface area contributed by atoms with Crippen molar-refractivity contribution in [3.63, 3.8) is 0 Å². The zero-order valence-corrected chi connectivity index (χ0v) is 17.0. The maximum atomic E-state index is 13.1. The van der Waals surface area contributed by atoms with Crippen molar-refractivity contribution in [3.8, 4) is 11.5 Å². The average molecular weight is 422 g/mol. The highest BCUT2D eigenvalue weighted by Gasteiger charge is 2.36. The number of amides is 1. The van der Waals surface area contributed by atoms with Crippen LogP contribution in [0.4, 0.5) is 0 Å². The first kappa shape index (κ1) is 19.4. The maximum Gasteiger partial charge on any atom is 0.340 e. The van der Waals surface area contributed by atoms with E-state index in [0.717, 1.165) is 12.1 Å². The zero-order valence-electron chi connectivity index (χ0n) is 17.0.